The number of hydrogen-bond donors (Lipinski definition) is 0. The van der Waals surface area contributed by atoms with Crippen molar-refractivity contribution < 1.29 is 4.74 Å². The highest BCUT2D eigenvalue weighted by atomic mass is 16.5. The van der Waals surface area contributed by atoms with E-state index in [1.54, 1.807) is 7.11 Å². The number of unbranched alkanes of at least 4 members (excludes halogenated alkanes) is 1. The van der Waals surface area contributed by atoms with Crippen molar-refractivity contribution in [1.29, 1.82) is 5.26 Å². The van der Waals surface area contributed by atoms with E-state index in [1.165, 1.54) is 11.1 Å². The van der Waals surface area contributed by atoms with Crippen LogP contribution in [0.3, 0.4) is 0 Å². The van der Waals surface area contributed by atoms with Gasteiger partial charge in [-0.05, 0) is 43.6 Å². The number of nitrogens with zero attached hydrogens (tertiary/aromatic N) is 2. The molecule has 0 unspecified atom stereocenters. The Morgan fingerprint density at radius 3 is 2.78 bits per heavy atom. The highest BCUT2D eigenvalue weighted by molar-refractivity contribution is 5.37. The Hall–Kier alpha value is -1.53. The number of benzene rings is 1. The van der Waals surface area contributed by atoms with Crippen LogP contribution in [-0.4, -0.2) is 25.6 Å². The average Bonchev–Trinajstić information content (AvgIpc) is 2.39. The monoisotopic (exact) mass is 246 g/mol. The zero-order valence-corrected chi connectivity index (χ0v) is 11.6. The molecule has 3 heteroatoms. The molecule has 0 bridgehead atoms. The van der Waals surface area contributed by atoms with Crippen LogP contribution in [0.2, 0.25) is 0 Å². The molecule has 0 fully saturated rings. The standard InChI is InChI=1S/C15H22N2O/c1-4-14-11-13(7-8-15(14)18-3)12-17(2)10-6-5-9-16/h7-8,11H,4-6,10,12H2,1-3H3. The minimum atomic E-state index is 0.632. The van der Waals surface area contributed by atoms with E-state index < -0.39 is 0 Å². The van der Waals surface area contributed by atoms with Crippen LogP contribution in [0.4, 0.5) is 0 Å². The van der Waals surface area contributed by atoms with E-state index in [4.69, 9.17) is 10.00 Å². The number of hydrogen-bond acceptors (Lipinski definition) is 3. The predicted molar refractivity (Wildman–Crippen MR) is 73.6 cm³/mol. The quantitative estimate of drug-likeness (QED) is 0.694. The van der Waals surface area contributed by atoms with Crippen LogP contribution in [0.15, 0.2) is 18.2 Å². The lowest BCUT2D eigenvalue weighted by atomic mass is 10.1. The summed E-state index contributed by atoms with van der Waals surface area (Å²) in [4.78, 5) is 2.25. The summed E-state index contributed by atoms with van der Waals surface area (Å²) in [5, 5.41) is 8.51. The fourth-order valence-electron chi connectivity index (χ4n) is 2.03. The number of ether oxygens (including phenoxy) is 1. The van der Waals surface area contributed by atoms with E-state index in [0.29, 0.717) is 6.42 Å². The molecule has 98 valence electrons. The third kappa shape index (κ3) is 4.38. The summed E-state index contributed by atoms with van der Waals surface area (Å²) in [7, 11) is 3.80. The molecule has 0 aliphatic carbocycles. The number of methoxy groups -OCH3 is 1. The molecule has 0 saturated carbocycles. The first-order valence-electron chi connectivity index (χ1n) is 6.42. The van der Waals surface area contributed by atoms with Gasteiger partial charge in [0.2, 0.25) is 0 Å². The minimum Gasteiger partial charge on any atom is -0.496 e. The molecule has 0 aromatic heterocycles. The van der Waals surface area contributed by atoms with Gasteiger partial charge in [-0.25, -0.2) is 0 Å². The lowest BCUT2D eigenvalue weighted by molar-refractivity contribution is 0.323. The maximum Gasteiger partial charge on any atom is 0.122 e. The van der Waals surface area contributed by atoms with Crippen LogP contribution in [0.1, 0.15) is 30.9 Å². The number of rotatable bonds is 7. The van der Waals surface area contributed by atoms with Crippen molar-refractivity contribution in [2.75, 3.05) is 20.7 Å². The molecule has 3 nitrogen and oxygen atoms in total. The van der Waals surface area contributed by atoms with Crippen LogP contribution >= 0.6 is 0 Å². The first-order chi connectivity index (χ1) is 8.71. The van der Waals surface area contributed by atoms with E-state index in [9.17, 15) is 0 Å². The van der Waals surface area contributed by atoms with Gasteiger partial charge in [-0.2, -0.15) is 5.26 Å². The summed E-state index contributed by atoms with van der Waals surface area (Å²) in [6, 6.07) is 8.53. The summed E-state index contributed by atoms with van der Waals surface area (Å²) < 4.78 is 5.33. The summed E-state index contributed by atoms with van der Waals surface area (Å²) in [6.45, 7) is 4.02. The molecular weight excluding hydrogens is 224 g/mol. The zero-order chi connectivity index (χ0) is 13.4. The van der Waals surface area contributed by atoms with E-state index >= 15 is 0 Å². The molecule has 0 amide bonds. The Labute approximate surface area is 110 Å². The Morgan fingerprint density at radius 1 is 1.39 bits per heavy atom. The second kappa shape index (κ2) is 7.73. The van der Waals surface area contributed by atoms with Gasteiger partial charge in [-0.15, -0.1) is 0 Å². The van der Waals surface area contributed by atoms with Crippen LogP contribution in [-0.2, 0) is 13.0 Å². The minimum absolute atomic E-state index is 0.632. The van der Waals surface area contributed by atoms with Gasteiger partial charge in [-0.1, -0.05) is 19.1 Å². The Kier molecular flexibility index (Phi) is 6.24. The van der Waals surface area contributed by atoms with Crippen molar-refractivity contribution >= 4 is 0 Å². The molecule has 0 saturated heterocycles. The molecule has 0 aliphatic heterocycles. The molecule has 0 radical (unpaired) electrons. The highest BCUT2D eigenvalue weighted by Crippen LogP contribution is 2.21. The van der Waals surface area contributed by atoms with Crippen LogP contribution in [0.25, 0.3) is 0 Å². The Morgan fingerprint density at radius 2 is 2.17 bits per heavy atom. The van der Waals surface area contributed by atoms with Crippen molar-refractivity contribution in [3.8, 4) is 11.8 Å². The van der Waals surface area contributed by atoms with Crippen LogP contribution in [0, 0.1) is 11.3 Å². The topological polar surface area (TPSA) is 36.3 Å². The lowest BCUT2D eigenvalue weighted by Gasteiger charge is -2.17. The van der Waals surface area contributed by atoms with E-state index in [0.717, 1.165) is 31.7 Å². The van der Waals surface area contributed by atoms with E-state index in [1.807, 2.05) is 6.07 Å². The highest BCUT2D eigenvalue weighted by Gasteiger charge is 2.05. The second-order valence-electron chi connectivity index (χ2n) is 4.50. The molecule has 0 atom stereocenters. The second-order valence-corrected chi connectivity index (χ2v) is 4.50. The van der Waals surface area contributed by atoms with Gasteiger partial charge < -0.3 is 9.64 Å². The van der Waals surface area contributed by atoms with Gasteiger partial charge in [0.05, 0.1) is 13.2 Å². The molecular formula is C15H22N2O. The molecule has 18 heavy (non-hydrogen) atoms. The van der Waals surface area contributed by atoms with Crippen molar-refractivity contribution in [2.24, 2.45) is 0 Å². The van der Waals surface area contributed by atoms with E-state index in [2.05, 4.69) is 37.1 Å². The van der Waals surface area contributed by atoms with Gasteiger partial charge in [0.25, 0.3) is 0 Å². The van der Waals surface area contributed by atoms with Crippen LogP contribution < -0.4 is 4.74 Å². The summed E-state index contributed by atoms with van der Waals surface area (Å²) in [5.74, 6) is 0.966. The first-order valence-corrected chi connectivity index (χ1v) is 6.42. The number of nitriles is 1. The fraction of sp³-hybridized carbons (Fsp3) is 0.533. The van der Waals surface area contributed by atoms with Crippen molar-refractivity contribution in [2.45, 2.75) is 32.7 Å². The smallest absolute Gasteiger partial charge is 0.122 e. The maximum atomic E-state index is 8.51. The zero-order valence-electron chi connectivity index (χ0n) is 11.6. The van der Waals surface area contributed by atoms with Crippen LogP contribution in [0.5, 0.6) is 5.75 Å². The van der Waals surface area contributed by atoms with Gasteiger partial charge in [0.15, 0.2) is 0 Å². The van der Waals surface area contributed by atoms with Gasteiger partial charge in [0.1, 0.15) is 5.75 Å². The molecule has 0 spiro atoms. The molecule has 1 aromatic carbocycles. The fourth-order valence-corrected chi connectivity index (χ4v) is 2.03. The third-order valence-electron chi connectivity index (χ3n) is 3.01. The predicted octanol–water partition coefficient (Wildman–Crippen LogP) is 2.99. The van der Waals surface area contributed by atoms with Gasteiger partial charge in [-0.3, -0.25) is 0 Å². The first kappa shape index (κ1) is 14.5. The Bertz CT molecular complexity index is 409. The third-order valence-corrected chi connectivity index (χ3v) is 3.01. The summed E-state index contributed by atoms with van der Waals surface area (Å²) in [5.41, 5.74) is 2.55. The van der Waals surface area contributed by atoms with Crippen molar-refractivity contribution in [3.63, 3.8) is 0 Å². The summed E-state index contributed by atoms with van der Waals surface area (Å²) in [6.07, 6.45) is 2.55. The normalized spacial score (nSPS) is 10.4. The molecule has 1 rings (SSSR count). The Balaban J connectivity index is 2.59. The number of aryl methyl sites for hydroxylation is 1. The SMILES string of the molecule is CCc1cc(CN(C)CCCC#N)ccc1OC. The van der Waals surface area contributed by atoms with Gasteiger partial charge in [0, 0.05) is 13.0 Å². The molecule has 1 aromatic rings. The van der Waals surface area contributed by atoms with Crippen molar-refractivity contribution in [1.82, 2.24) is 4.90 Å². The van der Waals surface area contributed by atoms with E-state index in [-0.39, 0.29) is 0 Å². The lowest BCUT2D eigenvalue weighted by Crippen LogP contribution is -2.19. The van der Waals surface area contributed by atoms with Crippen molar-refractivity contribution in [3.05, 3.63) is 29.3 Å². The molecule has 0 N–H and O–H groups in total. The summed E-state index contributed by atoms with van der Waals surface area (Å²) >= 11 is 0. The van der Waals surface area contributed by atoms with Gasteiger partial charge >= 0.3 is 0 Å². The molecule has 0 heterocycles. The maximum absolute atomic E-state index is 8.51. The molecule has 0 aliphatic rings. The average molecular weight is 246 g/mol. The largest absolute Gasteiger partial charge is 0.496 e.